The molecule has 4 nitrogen and oxygen atoms in total. The van der Waals surface area contributed by atoms with E-state index in [1.165, 1.54) is 0 Å². The third kappa shape index (κ3) is 3.06. The fraction of sp³-hybridized carbons (Fsp3) is 0.0833. The molecule has 0 saturated carbocycles. The molecule has 2 N–H and O–H groups in total. The highest BCUT2D eigenvalue weighted by atomic mass is 16.5. The summed E-state index contributed by atoms with van der Waals surface area (Å²) < 4.78 is 5.49. The number of benzene rings is 1. The standard InChI is InChI=1S/C12H12BNO3/c1-9-2-7-12(14-8-9)17-11-5-3-10(4-6-11)13(15)16/h2-8,15-16H,1H3. The number of aryl methyl sites for hydroxylation is 1. The van der Waals surface area contributed by atoms with Gasteiger partial charge in [-0.25, -0.2) is 4.98 Å². The Balaban J connectivity index is 2.11. The van der Waals surface area contributed by atoms with E-state index < -0.39 is 7.12 Å². The highest BCUT2D eigenvalue weighted by Gasteiger charge is 2.10. The van der Waals surface area contributed by atoms with E-state index in [0.29, 0.717) is 17.1 Å². The molecule has 0 spiro atoms. The summed E-state index contributed by atoms with van der Waals surface area (Å²) in [5.41, 5.74) is 1.49. The summed E-state index contributed by atoms with van der Waals surface area (Å²) in [4.78, 5) is 4.11. The van der Waals surface area contributed by atoms with Gasteiger partial charge in [0.05, 0.1) is 0 Å². The first-order valence-corrected chi connectivity index (χ1v) is 5.22. The molecule has 0 saturated heterocycles. The van der Waals surface area contributed by atoms with Crippen molar-refractivity contribution in [1.29, 1.82) is 0 Å². The lowest BCUT2D eigenvalue weighted by atomic mass is 9.80. The van der Waals surface area contributed by atoms with Crippen LogP contribution in [0, 0.1) is 6.92 Å². The van der Waals surface area contributed by atoms with Crippen molar-refractivity contribution in [3.63, 3.8) is 0 Å². The first-order chi connectivity index (χ1) is 8.15. The van der Waals surface area contributed by atoms with Crippen molar-refractivity contribution in [3.8, 4) is 11.6 Å². The van der Waals surface area contributed by atoms with Crippen LogP contribution in [-0.4, -0.2) is 22.2 Å². The number of nitrogens with zero attached hydrogens (tertiary/aromatic N) is 1. The summed E-state index contributed by atoms with van der Waals surface area (Å²) in [5.74, 6) is 1.11. The number of hydrogen-bond donors (Lipinski definition) is 2. The predicted molar refractivity (Wildman–Crippen MR) is 65.3 cm³/mol. The van der Waals surface area contributed by atoms with E-state index in [0.717, 1.165) is 5.56 Å². The van der Waals surface area contributed by atoms with Crippen LogP contribution in [-0.2, 0) is 0 Å². The first kappa shape index (κ1) is 11.6. The van der Waals surface area contributed by atoms with Gasteiger partial charge < -0.3 is 14.8 Å². The van der Waals surface area contributed by atoms with Gasteiger partial charge in [-0.15, -0.1) is 0 Å². The van der Waals surface area contributed by atoms with Crippen molar-refractivity contribution >= 4 is 12.6 Å². The molecule has 1 aromatic carbocycles. The Morgan fingerprint density at radius 1 is 1.06 bits per heavy atom. The largest absolute Gasteiger partial charge is 0.488 e. The molecule has 0 bridgehead atoms. The molecule has 2 rings (SSSR count). The Kier molecular flexibility index (Phi) is 3.42. The molecule has 1 aromatic heterocycles. The molecule has 0 amide bonds. The number of rotatable bonds is 3. The molecule has 86 valence electrons. The van der Waals surface area contributed by atoms with Crippen LogP contribution in [0.1, 0.15) is 5.56 Å². The molecule has 0 radical (unpaired) electrons. The Labute approximate surface area is 99.7 Å². The smallest absolute Gasteiger partial charge is 0.439 e. The maximum Gasteiger partial charge on any atom is 0.488 e. The quantitative estimate of drug-likeness (QED) is 0.766. The van der Waals surface area contributed by atoms with Crippen molar-refractivity contribution in [2.45, 2.75) is 6.92 Å². The van der Waals surface area contributed by atoms with Gasteiger partial charge in [0.25, 0.3) is 0 Å². The van der Waals surface area contributed by atoms with E-state index in [-0.39, 0.29) is 0 Å². The molecular weight excluding hydrogens is 217 g/mol. The fourth-order valence-electron chi connectivity index (χ4n) is 1.34. The third-order valence-corrected chi connectivity index (χ3v) is 2.28. The van der Waals surface area contributed by atoms with Gasteiger partial charge in [-0.3, -0.25) is 0 Å². The normalized spacial score (nSPS) is 10.1. The van der Waals surface area contributed by atoms with Crippen molar-refractivity contribution in [2.24, 2.45) is 0 Å². The molecule has 0 atom stereocenters. The van der Waals surface area contributed by atoms with Gasteiger partial charge in [-0.1, -0.05) is 18.2 Å². The predicted octanol–water partition coefficient (Wildman–Crippen LogP) is 0.862. The van der Waals surface area contributed by atoms with E-state index in [2.05, 4.69) is 4.98 Å². The zero-order valence-corrected chi connectivity index (χ0v) is 9.37. The maximum absolute atomic E-state index is 8.94. The van der Waals surface area contributed by atoms with E-state index in [1.807, 2.05) is 13.0 Å². The summed E-state index contributed by atoms with van der Waals surface area (Å²) in [6, 6.07) is 10.2. The number of hydrogen-bond acceptors (Lipinski definition) is 4. The lowest BCUT2D eigenvalue weighted by Gasteiger charge is -2.05. The molecule has 0 aliphatic heterocycles. The highest BCUT2D eigenvalue weighted by molar-refractivity contribution is 6.58. The van der Waals surface area contributed by atoms with Crippen LogP contribution >= 0.6 is 0 Å². The Morgan fingerprint density at radius 2 is 1.76 bits per heavy atom. The molecule has 0 aliphatic rings. The third-order valence-electron chi connectivity index (χ3n) is 2.28. The van der Waals surface area contributed by atoms with Crippen molar-refractivity contribution in [1.82, 2.24) is 4.98 Å². The van der Waals surface area contributed by atoms with Gasteiger partial charge in [-0.2, -0.15) is 0 Å². The van der Waals surface area contributed by atoms with Crippen molar-refractivity contribution in [2.75, 3.05) is 0 Å². The second kappa shape index (κ2) is 4.99. The van der Waals surface area contributed by atoms with E-state index in [9.17, 15) is 0 Å². The number of aromatic nitrogens is 1. The van der Waals surface area contributed by atoms with Gasteiger partial charge in [0.15, 0.2) is 0 Å². The van der Waals surface area contributed by atoms with Gasteiger partial charge in [-0.05, 0) is 30.1 Å². The molecule has 0 aliphatic carbocycles. The second-order valence-electron chi connectivity index (χ2n) is 3.72. The van der Waals surface area contributed by atoms with Crippen molar-refractivity contribution < 1.29 is 14.8 Å². The lowest BCUT2D eigenvalue weighted by Crippen LogP contribution is -2.29. The summed E-state index contributed by atoms with van der Waals surface area (Å²) in [6.07, 6.45) is 1.72. The van der Waals surface area contributed by atoms with Gasteiger partial charge >= 0.3 is 7.12 Å². The fourth-order valence-corrected chi connectivity index (χ4v) is 1.34. The maximum atomic E-state index is 8.94. The first-order valence-electron chi connectivity index (χ1n) is 5.22. The SMILES string of the molecule is Cc1ccc(Oc2ccc(B(O)O)cc2)nc1. The minimum absolute atomic E-state index is 0.425. The zero-order valence-electron chi connectivity index (χ0n) is 9.37. The molecular formula is C12H12BNO3. The zero-order chi connectivity index (χ0) is 12.3. The molecule has 2 aromatic rings. The van der Waals surface area contributed by atoms with Crippen LogP contribution in [0.3, 0.4) is 0 Å². The van der Waals surface area contributed by atoms with Gasteiger partial charge in [0.2, 0.25) is 5.88 Å². The molecule has 5 heteroatoms. The van der Waals surface area contributed by atoms with Crippen molar-refractivity contribution in [3.05, 3.63) is 48.2 Å². The second-order valence-corrected chi connectivity index (χ2v) is 3.72. The van der Waals surface area contributed by atoms with Gasteiger partial charge in [0, 0.05) is 12.3 Å². The number of ether oxygens (including phenoxy) is 1. The summed E-state index contributed by atoms with van der Waals surface area (Å²) in [5, 5.41) is 17.9. The Hall–Kier alpha value is -1.85. The summed E-state index contributed by atoms with van der Waals surface area (Å²) in [7, 11) is -1.46. The monoisotopic (exact) mass is 229 g/mol. The molecule has 17 heavy (non-hydrogen) atoms. The summed E-state index contributed by atoms with van der Waals surface area (Å²) in [6.45, 7) is 1.95. The van der Waals surface area contributed by atoms with Crippen LogP contribution < -0.4 is 10.2 Å². The van der Waals surface area contributed by atoms with Crippen LogP contribution in [0.25, 0.3) is 0 Å². The van der Waals surface area contributed by atoms with Gasteiger partial charge in [0.1, 0.15) is 5.75 Å². The van der Waals surface area contributed by atoms with E-state index >= 15 is 0 Å². The topological polar surface area (TPSA) is 62.6 Å². The molecule has 0 unspecified atom stereocenters. The van der Waals surface area contributed by atoms with E-state index in [4.69, 9.17) is 14.8 Å². The van der Waals surface area contributed by atoms with Crippen LogP contribution in [0.15, 0.2) is 42.6 Å². The Bertz CT molecular complexity index is 482. The molecule has 1 heterocycles. The highest BCUT2D eigenvalue weighted by Crippen LogP contribution is 2.17. The molecule has 0 fully saturated rings. The average Bonchev–Trinajstić information content (AvgIpc) is 2.33. The van der Waals surface area contributed by atoms with Crippen LogP contribution in [0.2, 0.25) is 0 Å². The average molecular weight is 229 g/mol. The Morgan fingerprint density at radius 3 is 2.29 bits per heavy atom. The minimum atomic E-state index is -1.46. The van der Waals surface area contributed by atoms with E-state index in [1.54, 1.807) is 36.5 Å². The minimum Gasteiger partial charge on any atom is -0.439 e. The van der Waals surface area contributed by atoms with Crippen LogP contribution in [0.5, 0.6) is 11.6 Å². The summed E-state index contributed by atoms with van der Waals surface area (Å²) >= 11 is 0. The number of pyridine rings is 1. The lowest BCUT2D eigenvalue weighted by molar-refractivity contribution is 0.425. The van der Waals surface area contributed by atoms with Crippen LogP contribution in [0.4, 0.5) is 0 Å².